The zero-order valence-electron chi connectivity index (χ0n) is 13.2. The van der Waals surface area contributed by atoms with E-state index >= 15 is 0 Å². The van der Waals surface area contributed by atoms with Crippen LogP contribution in [0.5, 0.6) is 5.75 Å². The minimum Gasteiger partial charge on any atom is -0.497 e. The summed E-state index contributed by atoms with van der Waals surface area (Å²) in [6.45, 7) is 0. The number of nitrogens with zero attached hydrogens (tertiary/aromatic N) is 1. The Morgan fingerprint density at radius 1 is 1.12 bits per heavy atom. The summed E-state index contributed by atoms with van der Waals surface area (Å²) in [5.41, 5.74) is 2.22. The van der Waals surface area contributed by atoms with Crippen molar-refractivity contribution < 1.29 is 9.15 Å². The van der Waals surface area contributed by atoms with Crippen LogP contribution < -0.4 is 10.4 Å². The van der Waals surface area contributed by atoms with Crippen molar-refractivity contribution in [2.45, 2.75) is 0 Å². The fraction of sp³-hybridized carbons (Fsp3) is 0.0526. The zero-order valence-corrected chi connectivity index (χ0v) is 15.6. The van der Waals surface area contributed by atoms with E-state index in [1.54, 1.807) is 13.2 Å². The number of ether oxygens (including phenoxy) is 1. The Labute approximate surface area is 155 Å². The van der Waals surface area contributed by atoms with Crippen molar-refractivity contribution >= 4 is 38.2 Å². The molecule has 0 fully saturated rings. The van der Waals surface area contributed by atoms with Crippen LogP contribution in [0.15, 0.2) is 67.6 Å². The van der Waals surface area contributed by atoms with Crippen LogP contribution in [0.1, 0.15) is 0 Å². The summed E-state index contributed by atoms with van der Waals surface area (Å²) in [6.07, 6.45) is 0. The maximum absolute atomic E-state index is 12.3. The summed E-state index contributed by atoms with van der Waals surface area (Å²) in [5.74, 6) is 0.793. The molecule has 0 amide bonds. The third-order valence-electron chi connectivity index (χ3n) is 3.81. The third-order valence-corrected chi connectivity index (χ3v) is 5.20. The Morgan fingerprint density at radius 3 is 2.68 bits per heavy atom. The van der Waals surface area contributed by atoms with Crippen LogP contribution in [0.25, 0.3) is 32.8 Å². The first-order valence-electron chi connectivity index (χ1n) is 7.48. The summed E-state index contributed by atoms with van der Waals surface area (Å²) in [6, 6.07) is 15.0. The van der Waals surface area contributed by atoms with Gasteiger partial charge in [0.05, 0.1) is 18.4 Å². The van der Waals surface area contributed by atoms with Gasteiger partial charge in [0, 0.05) is 20.8 Å². The Bertz CT molecular complexity index is 1120. The van der Waals surface area contributed by atoms with Gasteiger partial charge in [-0.15, -0.1) is 11.3 Å². The predicted octanol–water partition coefficient (Wildman–Crippen LogP) is 5.35. The monoisotopic (exact) mass is 413 g/mol. The lowest BCUT2D eigenvalue weighted by molar-refractivity contribution is 0.415. The molecular weight excluding hydrogens is 402 g/mol. The fourth-order valence-electron chi connectivity index (χ4n) is 2.54. The second kappa shape index (κ2) is 6.46. The van der Waals surface area contributed by atoms with Gasteiger partial charge in [-0.2, -0.15) is 0 Å². The molecule has 124 valence electrons. The Hall–Kier alpha value is -2.44. The second-order valence-electron chi connectivity index (χ2n) is 5.40. The van der Waals surface area contributed by atoms with Crippen molar-refractivity contribution in [3.63, 3.8) is 0 Å². The van der Waals surface area contributed by atoms with E-state index in [1.807, 2.05) is 47.8 Å². The maximum atomic E-state index is 12.3. The normalized spacial score (nSPS) is 11.0. The van der Waals surface area contributed by atoms with Crippen molar-refractivity contribution in [2.24, 2.45) is 0 Å². The highest BCUT2D eigenvalue weighted by atomic mass is 79.9. The molecule has 2 heterocycles. The molecule has 0 saturated carbocycles. The van der Waals surface area contributed by atoms with E-state index in [0.717, 1.165) is 26.2 Å². The number of methoxy groups -OCH3 is 1. The molecule has 0 aliphatic heterocycles. The number of aromatic nitrogens is 1. The van der Waals surface area contributed by atoms with Gasteiger partial charge in [-0.25, -0.2) is 9.78 Å². The van der Waals surface area contributed by atoms with E-state index in [9.17, 15) is 4.79 Å². The minimum absolute atomic E-state index is 0.388. The SMILES string of the molecule is COc1ccc(-c2nc(-c3cc4cc(Br)ccc4oc3=O)cs2)cc1. The molecule has 0 bridgehead atoms. The highest BCUT2D eigenvalue weighted by Crippen LogP contribution is 2.30. The van der Waals surface area contributed by atoms with E-state index in [4.69, 9.17) is 9.15 Å². The first-order chi connectivity index (χ1) is 12.1. The van der Waals surface area contributed by atoms with Crippen LogP contribution >= 0.6 is 27.3 Å². The maximum Gasteiger partial charge on any atom is 0.345 e. The Kier molecular flexibility index (Phi) is 4.15. The van der Waals surface area contributed by atoms with Gasteiger partial charge in [0.1, 0.15) is 16.3 Å². The van der Waals surface area contributed by atoms with Crippen molar-refractivity contribution in [1.82, 2.24) is 4.98 Å². The minimum atomic E-state index is -0.388. The first kappa shape index (κ1) is 16.1. The number of thiazole rings is 1. The van der Waals surface area contributed by atoms with Gasteiger partial charge in [0.15, 0.2) is 0 Å². The molecule has 0 radical (unpaired) electrons. The number of hydrogen-bond acceptors (Lipinski definition) is 5. The number of benzene rings is 2. The Morgan fingerprint density at radius 2 is 1.92 bits per heavy atom. The topological polar surface area (TPSA) is 52.3 Å². The van der Waals surface area contributed by atoms with Crippen molar-refractivity contribution in [3.8, 4) is 27.6 Å². The summed E-state index contributed by atoms with van der Waals surface area (Å²) in [5, 5.41) is 3.56. The predicted molar refractivity (Wildman–Crippen MR) is 103 cm³/mol. The number of hydrogen-bond donors (Lipinski definition) is 0. The highest BCUT2D eigenvalue weighted by Gasteiger charge is 2.13. The van der Waals surface area contributed by atoms with Gasteiger partial charge in [0.2, 0.25) is 0 Å². The van der Waals surface area contributed by atoms with E-state index < -0.39 is 0 Å². The third kappa shape index (κ3) is 3.10. The van der Waals surface area contributed by atoms with E-state index in [2.05, 4.69) is 20.9 Å². The molecule has 0 spiro atoms. The van der Waals surface area contributed by atoms with Crippen LogP contribution in [0.4, 0.5) is 0 Å². The van der Waals surface area contributed by atoms with Gasteiger partial charge in [-0.3, -0.25) is 0 Å². The molecule has 0 atom stereocenters. The van der Waals surface area contributed by atoms with Gasteiger partial charge >= 0.3 is 5.63 Å². The quantitative estimate of drug-likeness (QED) is 0.424. The lowest BCUT2D eigenvalue weighted by atomic mass is 10.1. The lowest BCUT2D eigenvalue weighted by Gasteiger charge is -2.01. The molecule has 0 aliphatic rings. The number of fused-ring (bicyclic) bond motifs is 1. The molecular formula is C19H12BrNO3S. The highest BCUT2D eigenvalue weighted by molar-refractivity contribution is 9.10. The summed E-state index contributed by atoms with van der Waals surface area (Å²) in [7, 11) is 1.63. The summed E-state index contributed by atoms with van der Waals surface area (Å²) >= 11 is 4.92. The average molecular weight is 414 g/mol. The zero-order chi connectivity index (χ0) is 17.4. The second-order valence-corrected chi connectivity index (χ2v) is 7.17. The molecule has 4 aromatic rings. The van der Waals surface area contributed by atoms with E-state index in [1.165, 1.54) is 11.3 Å². The van der Waals surface area contributed by atoms with Crippen LogP contribution in [0.2, 0.25) is 0 Å². The van der Waals surface area contributed by atoms with Crippen LogP contribution in [-0.2, 0) is 0 Å². The van der Waals surface area contributed by atoms with Gasteiger partial charge < -0.3 is 9.15 Å². The molecule has 4 nitrogen and oxygen atoms in total. The summed E-state index contributed by atoms with van der Waals surface area (Å²) in [4.78, 5) is 16.9. The average Bonchev–Trinajstić information content (AvgIpc) is 3.11. The molecule has 4 rings (SSSR count). The largest absolute Gasteiger partial charge is 0.497 e. The Balaban J connectivity index is 1.77. The van der Waals surface area contributed by atoms with Gasteiger partial charge in [-0.05, 0) is 48.5 Å². The molecule has 0 N–H and O–H groups in total. The first-order valence-corrected chi connectivity index (χ1v) is 9.15. The smallest absolute Gasteiger partial charge is 0.345 e. The van der Waals surface area contributed by atoms with Crippen molar-refractivity contribution in [2.75, 3.05) is 7.11 Å². The molecule has 25 heavy (non-hydrogen) atoms. The lowest BCUT2D eigenvalue weighted by Crippen LogP contribution is -2.02. The van der Waals surface area contributed by atoms with Gasteiger partial charge in [0.25, 0.3) is 0 Å². The molecule has 6 heteroatoms. The molecule has 0 aliphatic carbocycles. The van der Waals surface area contributed by atoms with Crippen LogP contribution in [0, 0.1) is 0 Å². The van der Waals surface area contributed by atoms with E-state index in [-0.39, 0.29) is 5.63 Å². The molecule has 0 saturated heterocycles. The molecule has 2 aromatic carbocycles. The van der Waals surface area contributed by atoms with Crippen LogP contribution in [-0.4, -0.2) is 12.1 Å². The molecule has 0 unspecified atom stereocenters. The van der Waals surface area contributed by atoms with E-state index in [0.29, 0.717) is 16.8 Å². The fourth-order valence-corrected chi connectivity index (χ4v) is 3.74. The van der Waals surface area contributed by atoms with Crippen LogP contribution in [0.3, 0.4) is 0 Å². The van der Waals surface area contributed by atoms with Crippen molar-refractivity contribution in [3.05, 3.63) is 68.8 Å². The standard InChI is InChI=1S/C19H12BrNO3S/c1-23-14-5-2-11(3-6-14)18-21-16(10-25-18)15-9-12-8-13(20)4-7-17(12)24-19(15)22/h2-10H,1H3. The van der Waals surface area contributed by atoms with Crippen molar-refractivity contribution in [1.29, 1.82) is 0 Å². The van der Waals surface area contributed by atoms with Gasteiger partial charge in [-0.1, -0.05) is 15.9 Å². The summed E-state index contributed by atoms with van der Waals surface area (Å²) < 4.78 is 11.5. The number of halogens is 1. The number of rotatable bonds is 3. The molecule has 2 aromatic heterocycles.